The molecule has 0 aliphatic heterocycles. The van der Waals surface area contributed by atoms with Gasteiger partial charge in [0.15, 0.2) is 33.2 Å². The first-order chi connectivity index (χ1) is 6.25. The second-order valence-electron chi connectivity index (χ2n) is 3.21. The maximum Gasteiger partial charge on any atom is 0.153 e. The first-order valence-corrected chi connectivity index (χ1v) is 7.30. The molecule has 14 heavy (non-hydrogen) atoms. The highest BCUT2D eigenvalue weighted by Gasteiger charge is 2.31. The first-order valence-electron chi connectivity index (χ1n) is 3.47. The Kier molecular flexibility index (Phi) is 6.17. The van der Waals surface area contributed by atoms with Crippen molar-refractivity contribution in [3.8, 4) is 0 Å². The maximum atomic E-state index is 10.5. The van der Waals surface area contributed by atoms with E-state index in [-0.39, 0.29) is 17.3 Å². The minimum absolute atomic E-state index is 0.300. The molecule has 0 fully saturated rings. The van der Waals surface area contributed by atoms with Crippen LogP contribution in [0.25, 0.3) is 0 Å². The average molecular weight is 264 g/mol. The van der Waals surface area contributed by atoms with Crippen LogP contribution in [0, 0.1) is 5.41 Å². The van der Waals surface area contributed by atoms with Gasteiger partial charge < -0.3 is 13.7 Å². The van der Waals surface area contributed by atoms with Gasteiger partial charge in [0, 0.05) is 5.41 Å². The van der Waals surface area contributed by atoms with Gasteiger partial charge >= 0.3 is 0 Å². The fraction of sp³-hybridized carbons (Fsp3) is 1.00. The van der Waals surface area contributed by atoms with Crippen molar-refractivity contribution in [2.24, 2.45) is 5.41 Å². The van der Waals surface area contributed by atoms with Gasteiger partial charge in [-0.1, -0.05) is 6.92 Å². The molecule has 0 bridgehead atoms. The van der Waals surface area contributed by atoms with E-state index in [2.05, 4.69) is 0 Å². The molecule has 0 aromatic rings. The van der Waals surface area contributed by atoms with Crippen LogP contribution in [-0.4, -0.2) is 43.5 Å². The van der Waals surface area contributed by atoms with Gasteiger partial charge in [0.05, 0.1) is 17.3 Å². The Morgan fingerprint density at radius 2 is 1.07 bits per heavy atom. The fourth-order valence-electron chi connectivity index (χ4n) is 1.02. The topological polar surface area (TPSA) is 112 Å². The SMILES string of the molecule is CC(CS(=O)O)(CS(=O)O)CS(=O)O. The van der Waals surface area contributed by atoms with Crippen molar-refractivity contribution in [1.82, 2.24) is 0 Å². The van der Waals surface area contributed by atoms with Gasteiger partial charge in [-0.3, -0.25) is 0 Å². The van der Waals surface area contributed by atoms with Gasteiger partial charge in [-0.2, -0.15) is 0 Å². The van der Waals surface area contributed by atoms with Gasteiger partial charge in [0.25, 0.3) is 0 Å². The molecule has 0 heterocycles. The molecular weight excluding hydrogens is 252 g/mol. The number of hydrogen-bond donors (Lipinski definition) is 3. The van der Waals surface area contributed by atoms with Crippen molar-refractivity contribution in [3.63, 3.8) is 0 Å². The van der Waals surface area contributed by atoms with Crippen LogP contribution in [0.15, 0.2) is 0 Å². The standard InChI is InChI=1S/C5H12O6S3/c1-5(2-12(6)7,3-13(8)9)4-14(10)11/h2-4H2,1H3,(H,6,7)(H,8,9)(H,10,11). The molecule has 0 rings (SSSR count). The first kappa shape index (κ1) is 14.3. The summed E-state index contributed by atoms with van der Waals surface area (Å²) in [6.07, 6.45) is 0. The summed E-state index contributed by atoms with van der Waals surface area (Å²) in [4.78, 5) is 0. The Morgan fingerprint density at radius 3 is 1.21 bits per heavy atom. The van der Waals surface area contributed by atoms with Gasteiger partial charge in [-0.15, -0.1) is 0 Å². The highest BCUT2D eigenvalue weighted by Crippen LogP contribution is 2.20. The molecule has 0 aromatic heterocycles. The van der Waals surface area contributed by atoms with Gasteiger partial charge in [0.2, 0.25) is 0 Å². The summed E-state index contributed by atoms with van der Waals surface area (Å²) in [7, 11) is 0. The molecule has 0 saturated heterocycles. The molecule has 3 unspecified atom stereocenters. The molecule has 0 radical (unpaired) electrons. The van der Waals surface area contributed by atoms with Crippen molar-refractivity contribution in [2.75, 3.05) is 17.3 Å². The minimum Gasteiger partial charge on any atom is -0.306 e. The van der Waals surface area contributed by atoms with E-state index in [0.717, 1.165) is 0 Å². The summed E-state index contributed by atoms with van der Waals surface area (Å²) in [6.45, 7) is 1.42. The molecular formula is C5H12O6S3. The van der Waals surface area contributed by atoms with E-state index in [1.54, 1.807) is 0 Å². The van der Waals surface area contributed by atoms with E-state index in [9.17, 15) is 12.6 Å². The lowest BCUT2D eigenvalue weighted by molar-refractivity contribution is 0.436. The summed E-state index contributed by atoms with van der Waals surface area (Å²) in [5, 5.41) is 0. The molecule has 0 aromatic carbocycles. The van der Waals surface area contributed by atoms with Crippen LogP contribution in [0.1, 0.15) is 6.92 Å². The highest BCUT2D eigenvalue weighted by atomic mass is 32.2. The van der Waals surface area contributed by atoms with Gasteiger partial charge in [-0.25, -0.2) is 12.6 Å². The van der Waals surface area contributed by atoms with Crippen molar-refractivity contribution in [2.45, 2.75) is 6.92 Å². The Morgan fingerprint density at radius 1 is 0.857 bits per heavy atom. The van der Waals surface area contributed by atoms with E-state index in [4.69, 9.17) is 13.7 Å². The van der Waals surface area contributed by atoms with Crippen LogP contribution in [0.2, 0.25) is 0 Å². The van der Waals surface area contributed by atoms with Crippen LogP contribution in [0.3, 0.4) is 0 Å². The van der Waals surface area contributed by atoms with Crippen molar-refractivity contribution < 1.29 is 26.3 Å². The summed E-state index contributed by atoms with van der Waals surface area (Å²) < 4.78 is 57.5. The third-order valence-corrected chi connectivity index (χ3v) is 4.25. The molecule has 0 spiro atoms. The van der Waals surface area contributed by atoms with Crippen LogP contribution < -0.4 is 0 Å². The zero-order valence-electron chi connectivity index (χ0n) is 7.41. The smallest absolute Gasteiger partial charge is 0.153 e. The minimum atomic E-state index is -2.16. The molecule has 0 saturated carbocycles. The van der Waals surface area contributed by atoms with E-state index in [0.29, 0.717) is 0 Å². The van der Waals surface area contributed by atoms with Gasteiger partial charge in [0.1, 0.15) is 0 Å². The molecule has 3 N–H and O–H groups in total. The molecule has 9 heteroatoms. The largest absolute Gasteiger partial charge is 0.306 e. The second-order valence-corrected chi connectivity index (χ2v) is 6.00. The lowest BCUT2D eigenvalue weighted by Crippen LogP contribution is -2.35. The van der Waals surface area contributed by atoms with Crippen LogP contribution in [-0.2, 0) is 33.2 Å². The lowest BCUT2D eigenvalue weighted by atomic mass is 10.00. The molecule has 0 aliphatic carbocycles. The number of rotatable bonds is 6. The third-order valence-electron chi connectivity index (χ3n) is 1.42. The Balaban J connectivity index is 4.56. The van der Waals surface area contributed by atoms with Crippen LogP contribution >= 0.6 is 0 Å². The van der Waals surface area contributed by atoms with Crippen molar-refractivity contribution in [3.05, 3.63) is 0 Å². The number of hydrogen-bond acceptors (Lipinski definition) is 3. The predicted molar refractivity (Wildman–Crippen MR) is 55.0 cm³/mol. The summed E-state index contributed by atoms with van der Waals surface area (Å²) in [5.41, 5.74) is -1.08. The zero-order valence-corrected chi connectivity index (χ0v) is 9.86. The van der Waals surface area contributed by atoms with E-state index in [1.165, 1.54) is 6.92 Å². The Labute approximate surface area is 89.3 Å². The summed E-state index contributed by atoms with van der Waals surface area (Å²) in [6, 6.07) is 0. The molecule has 0 amide bonds. The quantitative estimate of drug-likeness (QED) is 0.566. The van der Waals surface area contributed by atoms with Crippen molar-refractivity contribution >= 4 is 33.2 Å². The molecule has 0 aliphatic rings. The highest BCUT2D eigenvalue weighted by molar-refractivity contribution is 7.81. The van der Waals surface area contributed by atoms with Crippen molar-refractivity contribution in [1.29, 1.82) is 0 Å². The molecule has 3 atom stereocenters. The molecule has 86 valence electrons. The summed E-state index contributed by atoms with van der Waals surface area (Å²) in [5.74, 6) is -0.900. The fourth-order valence-corrected chi connectivity index (χ4v) is 3.81. The van der Waals surface area contributed by atoms with E-state index < -0.39 is 38.7 Å². The molecule has 6 nitrogen and oxygen atoms in total. The van der Waals surface area contributed by atoms with E-state index >= 15 is 0 Å². The lowest BCUT2D eigenvalue weighted by Gasteiger charge is -2.24. The Hall–Kier alpha value is 0.330. The Bertz CT molecular complexity index is 223. The summed E-state index contributed by atoms with van der Waals surface area (Å²) >= 11 is -6.48. The normalized spacial score (nSPS) is 22.3. The predicted octanol–water partition coefficient (Wildman–Crippen LogP) is -0.342. The monoisotopic (exact) mass is 264 g/mol. The third kappa shape index (κ3) is 6.74. The van der Waals surface area contributed by atoms with Crippen LogP contribution in [0.5, 0.6) is 0 Å². The second kappa shape index (κ2) is 6.03. The van der Waals surface area contributed by atoms with E-state index in [1.807, 2.05) is 0 Å². The average Bonchev–Trinajstić information content (AvgIpc) is 1.76. The zero-order chi connectivity index (χ0) is 11.4. The maximum absolute atomic E-state index is 10.5. The van der Waals surface area contributed by atoms with Crippen LogP contribution in [0.4, 0.5) is 0 Å². The van der Waals surface area contributed by atoms with Gasteiger partial charge in [-0.05, 0) is 0 Å².